The van der Waals surface area contributed by atoms with Crippen LogP contribution in [0.15, 0.2) is 29.1 Å². The first-order valence-electron chi connectivity index (χ1n) is 12.6. The molecule has 2 aliphatic rings. The van der Waals surface area contributed by atoms with E-state index in [0.717, 1.165) is 25.9 Å². The Kier molecular flexibility index (Phi) is 7.00. The van der Waals surface area contributed by atoms with Crippen molar-refractivity contribution in [3.05, 3.63) is 68.9 Å². The van der Waals surface area contributed by atoms with Crippen LogP contribution in [-0.4, -0.2) is 56.9 Å². The number of piperidine rings is 1. The number of nitrogens with one attached hydrogen (secondary N) is 2. The number of hydrogen-bond donors (Lipinski definition) is 2. The van der Waals surface area contributed by atoms with Gasteiger partial charge in [-0.3, -0.25) is 19.9 Å². The quantitative estimate of drug-likeness (QED) is 0.490. The highest BCUT2D eigenvalue weighted by atomic mass is 19.2. The molecule has 2 aromatic heterocycles. The number of amides is 1. The van der Waals surface area contributed by atoms with Gasteiger partial charge >= 0.3 is 0 Å². The summed E-state index contributed by atoms with van der Waals surface area (Å²) < 4.78 is 45.8. The number of hydrazine groups is 1. The number of rotatable bonds is 6. The van der Waals surface area contributed by atoms with Gasteiger partial charge in [-0.1, -0.05) is 13.0 Å². The number of carbonyl (C=O) groups excluding carboxylic acids is 1. The number of likely N-dealkylation sites (tertiary alicyclic amines) is 1. The van der Waals surface area contributed by atoms with Crippen molar-refractivity contribution in [3.8, 4) is 0 Å². The van der Waals surface area contributed by atoms with Gasteiger partial charge in [0.2, 0.25) is 5.95 Å². The fourth-order valence-electron chi connectivity index (χ4n) is 5.07. The van der Waals surface area contributed by atoms with E-state index in [1.165, 1.54) is 12.1 Å². The summed E-state index contributed by atoms with van der Waals surface area (Å²) in [5, 5.41) is 1.76. The molecule has 0 radical (unpaired) electrons. The zero-order valence-corrected chi connectivity index (χ0v) is 20.6. The minimum atomic E-state index is -1.94. The van der Waals surface area contributed by atoms with Gasteiger partial charge in [0, 0.05) is 43.9 Å². The predicted octanol–water partition coefficient (Wildman–Crippen LogP) is 3.36. The van der Waals surface area contributed by atoms with Crippen molar-refractivity contribution in [2.45, 2.75) is 51.2 Å². The average molecular weight is 515 g/mol. The largest absolute Gasteiger partial charge is 0.317 e. The number of hydrogen-bond acceptors (Lipinski definition) is 6. The number of aromatic amines is 1. The molecule has 5 rings (SSSR count). The summed E-state index contributed by atoms with van der Waals surface area (Å²) in [6, 6.07) is 5.93. The van der Waals surface area contributed by atoms with Gasteiger partial charge in [-0.25, -0.2) is 23.8 Å². The number of alkyl halides is 1. The van der Waals surface area contributed by atoms with E-state index in [4.69, 9.17) is 0 Å². The molecule has 8 nitrogen and oxygen atoms in total. The summed E-state index contributed by atoms with van der Waals surface area (Å²) in [7, 11) is 0. The fourth-order valence-corrected chi connectivity index (χ4v) is 5.07. The summed E-state index contributed by atoms with van der Waals surface area (Å²) in [4.78, 5) is 36.9. The van der Waals surface area contributed by atoms with E-state index < -0.39 is 28.9 Å². The average Bonchev–Trinajstić information content (AvgIpc) is 3.40. The molecule has 0 atom stereocenters. The van der Waals surface area contributed by atoms with E-state index in [-0.39, 0.29) is 49.2 Å². The third-order valence-electron chi connectivity index (χ3n) is 7.26. The number of halogens is 3. The highest BCUT2D eigenvalue weighted by molar-refractivity contribution is 5.91. The SMILES string of the molecule is CCc1nc2ccc(CN3CCC(F)(c4ccc(C(=O)NN5CCCC5)nc4F)CC3)c(F)c2[nH]c1=O. The number of fused-ring (bicyclic) bond motifs is 1. The number of nitrogens with zero attached hydrogens (tertiary/aromatic N) is 4. The molecule has 37 heavy (non-hydrogen) atoms. The Hall–Kier alpha value is -3.31. The number of carbonyl (C=O) groups is 1. The summed E-state index contributed by atoms with van der Waals surface area (Å²) >= 11 is 0. The smallest absolute Gasteiger partial charge is 0.284 e. The topological polar surface area (TPSA) is 94.2 Å². The summed E-state index contributed by atoms with van der Waals surface area (Å²) in [6.07, 6.45) is 2.40. The number of aryl methyl sites for hydroxylation is 1. The molecule has 1 amide bonds. The Bertz CT molecular complexity index is 1380. The van der Waals surface area contributed by atoms with Crippen LogP contribution in [0.1, 0.15) is 59.9 Å². The van der Waals surface area contributed by atoms with Crippen LogP contribution in [0.25, 0.3) is 11.0 Å². The van der Waals surface area contributed by atoms with Crippen molar-refractivity contribution in [1.29, 1.82) is 0 Å². The summed E-state index contributed by atoms with van der Waals surface area (Å²) in [6.45, 7) is 4.02. The van der Waals surface area contributed by atoms with Gasteiger partial charge in [-0.05, 0) is 50.3 Å². The van der Waals surface area contributed by atoms with E-state index in [0.29, 0.717) is 23.2 Å². The Balaban J connectivity index is 1.25. The van der Waals surface area contributed by atoms with Crippen LogP contribution in [0.2, 0.25) is 0 Å². The molecule has 2 aliphatic heterocycles. The highest BCUT2D eigenvalue weighted by Gasteiger charge is 2.39. The van der Waals surface area contributed by atoms with Crippen LogP contribution in [0.5, 0.6) is 0 Å². The third kappa shape index (κ3) is 5.10. The second-order valence-electron chi connectivity index (χ2n) is 9.71. The molecule has 196 valence electrons. The number of H-pyrrole nitrogens is 1. The van der Waals surface area contributed by atoms with E-state index >= 15 is 8.78 Å². The molecule has 3 aromatic rings. The van der Waals surface area contributed by atoms with Crippen LogP contribution < -0.4 is 11.0 Å². The molecule has 2 saturated heterocycles. The van der Waals surface area contributed by atoms with Gasteiger partial charge in [0.05, 0.1) is 5.52 Å². The molecule has 0 spiro atoms. The molecular formula is C26H29F3N6O2. The van der Waals surface area contributed by atoms with E-state index in [2.05, 4.69) is 20.4 Å². The Morgan fingerprint density at radius 3 is 2.49 bits per heavy atom. The molecule has 2 fully saturated rings. The van der Waals surface area contributed by atoms with Crippen molar-refractivity contribution >= 4 is 16.9 Å². The molecule has 0 aliphatic carbocycles. The highest BCUT2D eigenvalue weighted by Crippen LogP contribution is 2.38. The van der Waals surface area contributed by atoms with Crippen LogP contribution in [0, 0.1) is 11.8 Å². The lowest BCUT2D eigenvalue weighted by Gasteiger charge is -2.36. The lowest BCUT2D eigenvalue weighted by molar-refractivity contribution is 0.0484. The maximum atomic E-state index is 15.8. The molecular weight excluding hydrogens is 485 g/mol. The zero-order valence-electron chi connectivity index (χ0n) is 20.6. The lowest BCUT2D eigenvalue weighted by Crippen LogP contribution is -2.41. The molecule has 0 saturated carbocycles. The lowest BCUT2D eigenvalue weighted by atomic mass is 9.86. The first-order chi connectivity index (χ1) is 17.8. The van der Waals surface area contributed by atoms with Crippen molar-refractivity contribution in [2.24, 2.45) is 0 Å². The third-order valence-corrected chi connectivity index (χ3v) is 7.26. The van der Waals surface area contributed by atoms with Crippen LogP contribution in [-0.2, 0) is 18.6 Å². The van der Waals surface area contributed by atoms with Gasteiger partial charge < -0.3 is 4.98 Å². The fraction of sp³-hybridized carbons (Fsp3) is 0.462. The van der Waals surface area contributed by atoms with Gasteiger partial charge in [0.25, 0.3) is 11.5 Å². The Morgan fingerprint density at radius 2 is 1.81 bits per heavy atom. The van der Waals surface area contributed by atoms with Gasteiger partial charge in [0.1, 0.15) is 22.6 Å². The monoisotopic (exact) mass is 514 g/mol. The standard InChI is InChI=1S/C26H29F3N6O2/c1-2-18-24(36)32-22-19(30-18)7-5-16(21(22)27)15-34-13-9-26(29,10-14-34)17-6-8-20(31-23(17)28)25(37)33-35-11-3-4-12-35/h5-8H,2-4,9-15H2,1H3,(H,32,36)(H,33,37). The first kappa shape index (κ1) is 25.3. The maximum absolute atomic E-state index is 15.8. The minimum absolute atomic E-state index is 0.00162. The Morgan fingerprint density at radius 1 is 1.08 bits per heavy atom. The number of aromatic nitrogens is 3. The Labute approximate surface area is 211 Å². The van der Waals surface area contributed by atoms with Crippen molar-refractivity contribution in [1.82, 2.24) is 30.3 Å². The van der Waals surface area contributed by atoms with Gasteiger partial charge in [0.15, 0.2) is 5.82 Å². The molecule has 1 aromatic carbocycles. The number of pyridine rings is 1. The zero-order chi connectivity index (χ0) is 26.2. The van der Waals surface area contributed by atoms with E-state index in [9.17, 15) is 14.0 Å². The van der Waals surface area contributed by atoms with Crippen LogP contribution in [0.3, 0.4) is 0 Å². The van der Waals surface area contributed by atoms with Gasteiger partial charge in [-0.2, -0.15) is 4.39 Å². The molecule has 11 heteroatoms. The van der Waals surface area contributed by atoms with Gasteiger partial charge in [-0.15, -0.1) is 0 Å². The van der Waals surface area contributed by atoms with Crippen LogP contribution >= 0.6 is 0 Å². The normalized spacial score (nSPS) is 18.4. The summed E-state index contributed by atoms with van der Waals surface area (Å²) in [5.74, 6) is -2.07. The van der Waals surface area contributed by atoms with Crippen molar-refractivity contribution in [3.63, 3.8) is 0 Å². The predicted molar refractivity (Wildman–Crippen MR) is 131 cm³/mol. The van der Waals surface area contributed by atoms with Crippen LogP contribution in [0.4, 0.5) is 13.2 Å². The van der Waals surface area contributed by atoms with E-state index in [1.54, 1.807) is 24.1 Å². The second-order valence-corrected chi connectivity index (χ2v) is 9.71. The molecule has 2 N–H and O–H groups in total. The van der Waals surface area contributed by atoms with Crippen molar-refractivity contribution < 1.29 is 18.0 Å². The number of benzene rings is 1. The van der Waals surface area contributed by atoms with E-state index in [1.807, 2.05) is 4.90 Å². The second kappa shape index (κ2) is 10.2. The maximum Gasteiger partial charge on any atom is 0.284 e. The minimum Gasteiger partial charge on any atom is -0.317 e. The molecule has 0 unspecified atom stereocenters. The molecule has 0 bridgehead atoms. The van der Waals surface area contributed by atoms with Crippen molar-refractivity contribution in [2.75, 3.05) is 26.2 Å². The first-order valence-corrected chi connectivity index (χ1v) is 12.6. The summed E-state index contributed by atoms with van der Waals surface area (Å²) in [5.41, 5.74) is 1.21. The molecule has 4 heterocycles.